The summed E-state index contributed by atoms with van der Waals surface area (Å²) in [6.45, 7) is 0.201. The molecule has 0 unspecified atom stereocenters. The molecular formula is C16H19NO5. The van der Waals surface area contributed by atoms with Gasteiger partial charge in [0.2, 0.25) is 0 Å². The van der Waals surface area contributed by atoms with Crippen LogP contribution in [0.1, 0.15) is 11.9 Å². The van der Waals surface area contributed by atoms with Crippen LogP contribution in [0.15, 0.2) is 47.1 Å². The Balaban J connectivity index is 1.80. The van der Waals surface area contributed by atoms with Gasteiger partial charge in [-0.25, -0.2) is 0 Å². The Morgan fingerprint density at radius 1 is 1.18 bits per heavy atom. The van der Waals surface area contributed by atoms with Crippen LogP contribution < -0.4 is 14.8 Å². The molecule has 6 nitrogen and oxygen atoms in total. The van der Waals surface area contributed by atoms with E-state index in [4.69, 9.17) is 18.6 Å². The molecular weight excluding hydrogens is 286 g/mol. The van der Waals surface area contributed by atoms with Crippen LogP contribution in [0.3, 0.4) is 0 Å². The lowest BCUT2D eigenvalue weighted by atomic mass is 10.2. The average Bonchev–Trinajstić information content (AvgIpc) is 3.08. The molecule has 0 aliphatic rings. The van der Waals surface area contributed by atoms with Crippen LogP contribution >= 0.6 is 0 Å². The Labute approximate surface area is 129 Å². The number of hydrogen-bond acceptors (Lipinski definition) is 5. The lowest BCUT2D eigenvalue weighted by Gasteiger charge is -2.14. The van der Waals surface area contributed by atoms with Crippen molar-refractivity contribution in [2.45, 2.75) is 6.10 Å². The fourth-order valence-electron chi connectivity index (χ4n) is 1.91. The van der Waals surface area contributed by atoms with Gasteiger partial charge in [-0.15, -0.1) is 0 Å². The van der Waals surface area contributed by atoms with Crippen LogP contribution in [0.25, 0.3) is 0 Å². The maximum absolute atomic E-state index is 11.8. The standard InChI is InChI=1S/C16H19NO5/c1-19-12-6-3-4-7-13(12)22-11-16(18)17-10-15(20-2)14-8-5-9-21-14/h3-9,15H,10-11H2,1-2H3,(H,17,18)/t15-/m0/s1. The summed E-state index contributed by atoms with van der Waals surface area (Å²) < 4.78 is 21.1. The molecule has 2 aromatic rings. The van der Waals surface area contributed by atoms with Crippen LogP contribution in [-0.2, 0) is 9.53 Å². The van der Waals surface area contributed by atoms with Gasteiger partial charge in [-0.2, -0.15) is 0 Å². The Morgan fingerprint density at radius 2 is 1.95 bits per heavy atom. The number of furan rings is 1. The summed E-state index contributed by atoms with van der Waals surface area (Å²) in [4.78, 5) is 11.8. The summed E-state index contributed by atoms with van der Waals surface area (Å²) in [7, 11) is 3.11. The molecule has 0 bridgehead atoms. The highest BCUT2D eigenvalue weighted by atomic mass is 16.5. The highest BCUT2D eigenvalue weighted by Gasteiger charge is 2.15. The van der Waals surface area contributed by atoms with Crippen LogP contribution in [0, 0.1) is 0 Å². The topological polar surface area (TPSA) is 69.9 Å². The van der Waals surface area contributed by atoms with E-state index in [0.717, 1.165) is 0 Å². The summed E-state index contributed by atoms with van der Waals surface area (Å²) in [5, 5.41) is 2.74. The van der Waals surface area contributed by atoms with Crippen molar-refractivity contribution in [1.29, 1.82) is 0 Å². The maximum atomic E-state index is 11.8. The molecule has 1 N–H and O–H groups in total. The molecule has 6 heteroatoms. The minimum atomic E-state index is -0.329. The van der Waals surface area contributed by atoms with Gasteiger partial charge >= 0.3 is 0 Å². The number of carbonyl (C=O) groups excluding carboxylic acids is 1. The first-order valence-electron chi connectivity index (χ1n) is 6.83. The molecule has 0 radical (unpaired) electrons. The lowest BCUT2D eigenvalue weighted by molar-refractivity contribution is -0.123. The van der Waals surface area contributed by atoms with E-state index in [2.05, 4.69) is 5.32 Å². The third kappa shape index (κ3) is 4.26. The Hall–Kier alpha value is -2.47. The smallest absolute Gasteiger partial charge is 0.258 e. The van der Waals surface area contributed by atoms with Crippen LogP contribution in [0.2, 0.25) is 0 Å². The first-order chi connectivity index (χ1) is 10.7. The van der Waals surface area contributed by atoms with Gasteiger partial charge in [-0.05, 0) is 24.3 Å². The van der Waals surface area contributed by atoms with Gasteiger partial charge in [0, 0.05) is 7.11 Å². The van der Waals surface area contributed by atoms with Gasteiger partial charge in [0.1, 0.15) is 11.9 Å². The van der Waals surface area contributed by atoms with Gasteiger partial charge < -0.3 is 23.9 Å². The van der Waals surface area contributed by atoms with Crippen molar-refractivity contribution in [2.75, 3.05) is 27.4 Å². The second-order valence-electron chi connectivity index (χ2n) is 4.48. The van der Waals surface area contributed by atoms with Crippen molar-refractivity contribution in [3.8, 4) is 11.5 Å². The maximum Gasteiger partial charge on any atom is 0.258 e. The first-order valence-corrected chi connectivity index (χ1v) is 6.83. The van der Waals surface area contributed by atoms with Crippen LogP contribution in [0.4, 0.5) is 0 Å². The molecule has 0 aliphatic heterocycles. The number of nitrogens with one attached hydrogen (secondary N) is 1. The quantitative estimate of drug-likeness (QED) is 0.809. The summed E-state index contributed by atoms with van der Waals surface area (Å²) in [5.41, 5.74) is 0. The predicted molar refractivity (Wildman–Crippen MR) is 80.0 cm³/mol. The van der Waals surface area contributed by atoms with Gasteiger partial charge in [-0.1, -0.05) is 12.1 Å². The molecule has 0 saturated heterocycles. The van der Waals surface area contributed by atoms with Gasteiger partial charge in [0.25, 0.3) is 5.91 Å². The molecule has 22 heavy (non-hydrogen) atoms. The second-order valence-corrected chi connectivity index (χ2v) is 4.48. The van der Waals surface area contributed by atoms with E-state index in [0.29, 0.717) is 23.8 Å². The molecule has 0 aliphatic carbocycles. The molecule has 1 aromatic heterocycles. The van der Waals surface area contributed by atoms with E-state index in [9.17, 15) is 4.79 Å². The highest BCUT2D eigenvalue weighted by Crippen LogP contribution is 2.25. The summed E-state index contributed by atoms with van der Waals surface area (Å²) in [6, 6.07) is 10.7. The zero-order valence-electron chi connectivity index (χ0n) is 12.6. The van der Waals surface area contributed by atoms with Gasteiger partial charge in [0.15, 0.2) is 18.1 Å². The summed E-state index contributed by atoms with van der Waals surface area (Å²) >= 11 is 0. The average molecular weight is 305 g/mol. The SMILES string of the molecule is COc1ccccc1OCC(=O)NC[C@H](OC)c1ccco1. The normalized spacial score (nSPS) is 11.7. The fourth-order valence-corrected chi connectivity index (χ4v) is 1.91. The van der Waals surface area contributed by atoms with Crippen molar-refractivity contribution >= 4 is 5.91 Å². The number of amides is 1. The molecule has 2 rings (SSSR count). The molecule has 1 heterocycles. The van der Waals surface area contributed by atoms with E-state index < -0.39 is 0 Å². The number of benzene rings is 1. The van der Waals surface area contributed by atoms with Gasteiger partial charge in [0.05, 0.1) is 19.9 Å². The monoisotopic (exact) mass is 305 g/mol. The molecule has 0 fully saturated rings. The van der Waals surface area contributed by atoms with Crippen molar-refractivity contribution in [2.24, 2.45) is 0 Å². The first kappa shape index (κ1) is 15.9. The van der Waals surface area contributed by atoms with Crippen LogP contribution in [0.5, 0.6) is 11.5 Å². The van der Waals surface area contributed by atoms with Crippen molar-refractivity contribution in [1.82, 2.24) is 5.32 Å². The number of carbonyl (C=O) groups is 1. The number of hydrogen-bond donors (Lipinski definition) is 1. The molecule has 1 amide bonds. The Kier molecular flexibility index (Phi) is 5.85. The molecule has 0 saturated carbocycles. The Morgan fingerprint density at radius 3 is 2.59 bits per heavy atom. The summed E-state index contributed by atoms with van der Waals surface area (Å²) in [6.07, 6.45) is 1.23. The minimum absolute atomic E-state index is 0.102. The van der Waals surface area contributed by atoms with Gasteiger partial charge in [-0.3, -0.25) is 4.79 Å². The van der Waals surface area contributed by atoms with E-state index in [1.54, 1.807) is 44.7 Å². The minimum Gasteiger partial charge on any atom is -0.493 e. The molecule has 1 atom stereocenters. The Bertz CT molecular complexity index is 582. The number of ether oxygens (including phenoxy) is 3. The zero-order valence-corrected chi connectivity index (χ0v) is 12.6. The van der Waals surface area contributed by atoms with E-state index in [1.807, 2.05) is 12.1 Å². The number of para-hydroxylation sites is 2. The number of methoxy groups -OCH3 is 2. The van der Waals surface area contributed by atoms with Crippen molar-refractivity contribution < 1.29 is 23.4 Å². The molecule has 118 valence electrons. The lowest BCUT2D eigenvalue weighted by Crippen LogP contribution is -2.32. The fraction of sp³-hybridized carbons (Fsp3) is 0.312. The molecule has 0 spiro atoms. The third-order valence-corrected chi connectivity index (χ3v) is 3.06. The largest absolute Gasteiger partial charge is 0.493 e. The van der Waals surface area contributed by atoms with E-state index in [-0.39, 0.29) is 18.6 Å². The number of rotatable bonds is 8. The highest BCUT2D eigenvalue weighted by molar-refractivity contribution is 5.77. The molecule has 1 aromatic carbocycles. The van der Waals surface area contributed by atoms with Crippen molar-refractivity contribution in [3.05, 3.63) is 48.4 Å². The summed E-state index contributed by atoms with van der Waals surface area (Å²) in [5.74, 6) is 1.52. The van der Waals surface area contributed by atoms with E-state index >= 15 is 0 Å². The second kappa shape index (κ2) is 8.09. The van der Waals surface area contributed by atoms with E-state index in [1.165, 1.54) is 0 Å². The van der Waals surface area contributed by atoms with Crippen molar-refractivity contribution in [3.63, 3.8) is 0 Å². The predicted octanol–water partition coefficient (Wildman–Crippen LogP) is 2.17. The van der Waals surface area contributed by atoms with Crippen LogP contribution in [-0.4, -0.2) is 33.3 Å². The zero-order chi connectivity index (χ0) is 15.8. The third-order valence-electron chi connectivity index (χ3n) is 3.06.